The average molecular weight is 629 g/mol. The molecule has 0 atom stereocenters. The van der Waals surface area contributed by atoms with Gasteiger partial charge in [0.15, 0.2) is 11.4 Å². The third-order valence-electron chi connectivity index (χ3n) is 5.41. The van der Waals surface area contributed by atoms with Crippen molar-refractivity contribution in [1.82, 2.24) is 5.43 Å². The van der Waals surface area contributed by atoms with Crippen molar-refractivity contribution >= 4 is 55.6 Å². The third kappa shape index (κ3) is 6.05. The number of carbonyl (C=O) groups excluding carboxylic acids is 1. The van der Waals surface area contributed by atoms with Gasteiger partial charge >= 0.3 is 0 Å². The Labute approximate surface area is 231 Å². The van der Waals surface area contributed by atoms with Gasteiger partial charge in [-0.3, -0.25) is 4.79 Å². The fourth-order valence-corrected chi connectivity index (χ4v) is 4.82. The maximum Gasteiger partial charge on any atom is 0.281 e. The van der Waals surface area contributed by atoms with Crippen LogP contribution in [-0.4, -0.2) is 17.2 Å². The second kappa shape index (κ2) is 11.8. The Morgan fingerprint density at radius 2 is 1.53 bits per heavy atom. The van der Waals surface area contributed by atoms with Crippen molar-refractivity contribution in [3.8, 4) is 5.75 Å². The zero-order chi connectivity index (χ0) is 25.5. The molecule has 0 saturated carbocycles. The average Bonchev–Trinajstić information content (AvgIpc) is 2.89. The summed E-state index contributed by atoms with van der Waals surface area (Å²) in [4.78, 5) is 13.2. The van der Waals surface area contributed by atoms with Crippen LogP contribution < -0.4 is 10.2 Å². The van der Waals surface area contributed by atoms with Crippen LogP contribution in [0.15, 0.2) is 111 Å². The van der Waals surface area contributed by atoms with Gasteiger partial charge in [0.25, 0.3) is 5.91 Å². The quantitative estimate of drug-likeness (QED) is 0.166. The van der Waals surface area contributed by atoms with Gasteiger partial charge in [-0.25, -0.2) is 5.43 Å². The van der Waals surface area contributed by atoms with Crippen LogP contribution in [0.2, 0.25) is 5.02 Å². The van der Waals surface area contributed by atoms with Crippen molar-refractivity contribution in [2.45, 2.75) is 12.2 Å². The number of rotatable bonds is 8. The van der Waals surface area contributed by atoms with Crippen LogP contribution in [0.25, 0.3) is 0 Å². The smallest absolute Gasteiger partial charge is 0.281 e. The highest BCUT2D eigenvalue weighted by Crippen LogP contribution is 2.35. The lowest BCUT2D eigenvalue weighted by molar-refractivity contribution is -0.136. The van der Waals surface area contributed by atoms with Crippen molar-refractivity contribution in [1.29, 1.82) is 0 Å². The molecule has 0 aliphatic heterocycles. The van der Waals surface area contributed by atoms with Gasteiger partial charge in [0, 0.05) is 4.47 Å². The molecule has 2 N–H and O–H groups in total. The molecule has 5 nitrogen and oxygen atoms in total. The standard InChI is InChI=1S/C28H21Br2ClN2O3/c29-23-13-11-19(12-14-23)18-36-26-24(30)15-20(16-25(26)31)17-32-33-27(34)28(35,21-7-3-1-4-8-21)22-9-5-2-6-10-22/h1-17,35H,18H2,(H,33,34)/b32-17+. The van der Waals surface area contributed by atoms with E-state index < -0.39 is 11.5 Å². The number of hydrogen-bond donors (Lipinski definition) is 2. The van der Waals surface area contributed by atoms with E-state index in [0.717, 1.165) is 10.0 Å². The van der Waals surface area contributed by atoms with Crippen molar-refractivity contribution in [2.24, 2.45) is 5.10 Å². The first kappa shape index (κ1) is 26.1. The molecule has 182 valence electrons. The zero-order valence-corrected chi connectivity index (χ0v) is 22.8. The molecule has 0 heterocycles. The Kier molecular flexibility index (Phi) is 8.59. The molecule has 0 aliphatic carbocycles. The van der Waals surface area contributed by atoms with E-state index in [0.29, 0.717) is 38.5 Å². The molecule has 0 unspecified atom stereocenters. The molecule has 0 radical (unpaired) electrons. The Morgan fingerprint density at radius 3 is 2.08 bits per heavy atom. The van der Waals surface area contributed by atoms with E-state index in [1.807, 2.05) is 36.4 Å². The van der Waals surface area contributed by atoms with Gasteiger partial charge in [0.2, 0.25) is 0 Å². The maximum atomic E-state index is 13.2. The summed E-state index contributed by atoms with van der Waals surface area (Å²) < 4.78 is 7.53. The molecular weight excluding hydrogens is 608 g/mol. The predicted molar refractivity (Wildman–Crippen MR) is 149 cm³/mol. The molecule has 0 aromatic heterocycles. The second-order valence-corrected chi connectivity index (χ2v) is 10.0. The fraction of sp³-hybridized carbons (Fsp3) is 0.0714. The summed E-state index contributed by atoms with van der Waals surface area (Å²) >= 11 is 13.4. The van der Waals surface area contributed by atoms with E-state index in [1.165, 1.54) is 6.21 Å². The van der Waals surface area contributed by atoms with Gasteiger partial charge in [-0.2, -0.15) is 5.10 Å². The van der Waals surface area contributed by atoms with E-state index in [2.05, 4.69) is 42.4 Å². The van der Waals surface area contributed by atoms with Crippen molar-refractivity contribution in [3.63, 3.8) is 0 Å². The van der Waals surface area contributed by atoms with Gasteiger partial charge in [-0.05, 0) is 62.4 Å². The first-order chi connectivity index (χ1) is 17.4. The van der Waals surface area contributed by atoms with Gasteiger partial charge < -0.3 is 9.84 Å². The highest BCUT2D eigenvalue weighted by Gasteiger charge is 2.39. The van der Waals surface area contributed by atoms with Crippen LogP contribution >= 0.6 is 43.5 Å². The number of nitrogens with one attached hydrogen (secondary N) is 1. The minimum atomic E-state index is -1.91. The SMILES string of the molecule is O=C(N/N=C/c1cc(Cl)c(OCc2ccc(Br)cc2)c(Br)c1)C(O)(c1ccccc1)c1ccccc1. The largest absolute Gasteiger partial charge is 0.486 e. The lowest BCUT2D eigenvalue weighted by Gasteiger charge is -2.27. The molecule has 4 aromatic carbocycles. The normalized spacial score (nSPS) is 11.4. The van der Waals surface area contributed by atoms with Crippen molar-refractivity contribution < 1.29 is 14.6 Å². The van der Waals surface area contributed by atoms with E-state index in [-0.39, 0.29) is 0 Å². The third-order valence-corrected chi connectivity index (χ3v) is 6.81. The summed E-state index contributed by atoms with van der Waals surface area (Å²) in [7, 11) is 0. The lowest BCUT2D eigenvalue weighted by atomic mass is 9.85. The molecule has 0 bridgehead atoms. The maximum absolute atomic E-state index is 13.2. The van der Waals surface area contributed by atoms with Crippen LogP contribution in [0, 0.1) is 0 Å². The van der Waals surface area contributed by atoms with E-state index >= 15 is 0 Å². The van der Waals surface area contributed by atoms with Crippen LogP contribution in [0.5, 0.6) is 5.75 Å². The van der Waals surface area contributed by atoms with Crippen LogP contribution in [0.4, 0.5) is 0 Å². The number of hydrazone groups is 1. The van der Waals surface area contributed by atoms with Gasteiger partial charge in [0.1, 0.15) is 6.61 Å². The Morgan fingerprint density at radius 1 is 0.944 bits per heavy atom. The Hall–Kier alpha value is -2.97. The lowest BCUT2D eigenvalue weighted by Crippen LogP contribution is -2.43. The number of hydrogen-bond acceptors (Lipinski definition) is 4. The zero-order valence-electron chi connectivity index (χ0n) is 18.9. The monoisotopic (exact) mass is 626 g/mol. The highest BCUT2D eigenvalue weighted by atomic mass is 79.9. The van der Waals surface area contributed by atoms with Gasteiger partial charge in [0.05, 0.1) is 15.7 Å². The van der Waals surface area contributed by atoms with E-state index in [9.17, 15) is 9.90 Å². The number of amides is 1. The van der Waals surface area contributed by atoms with Crippen molar-refractivity contribution in [3.05, 3.63) is 133 Å². The summed E-state index contributed by atoms with van der Waals surface area (Å²) in [5.74, 6) is -0.181. The van der Waals surface area contributed by atoms with E-state index in [1.54, 1.807) is 60.7 Å². The van der Waals surface area contributed by atoms with Crippen LogP contribution in [-0.2, 0) is 17.0 Å². The Balaban J connectivity index is 1.49. The number of carbonyl (C=O) groups is 1. The molecular formula is C28H21Br2ClN2O3. The van der Waals surface area contributed by atoms with Crippen LogP contribution in [0.3, 0.4) is 0 Å². The van der Waals surface area contributed by atoms with Crippen molar-refractivity contribution in [2.75, 3.05) is 0 Å². The predicted octanol–water partition coefficient (Wildman–Crippen LogP) is 6.83. The molecule has 36 heavy (non-hydrogen) atoms. The molecule has 0 fully saturated rings. The molecule has 0 aliphatic rings. The molecule has 8 heteroatoms. The summed E-state index contributed by atoms with van der Waals surface area (Å²) in [5.41, 5.74) is 3.04. The minimum Gasteiger partial charge on any atom is -0.486 e. The number of benzene rings is 4. The first-order valence-corrected chi connectivity index (χ1v) is 12.9. The van der Waals surface area contributed by atoms with E-state index in [4.69, 9.17) is 16.3 Å². The summed E-state index contributed by atoms with van der Waals surface area (Å²) in [6, 6.07) is 28.7. The number of aliphatic hydroxyl groups is 1. The number of halogens is 3. The fourth-order valence-electron chi connectivity index (χ4n) is 3.56. The van der Waals surface area contributed by atoms with Gasteiger partial charge in [-0.15, -0.1) is 0 Å². The second-order valence-electron chi connectivity index (χ2n) is 7.87. The number of nitrogens with zero attached hydrogens (tertiary/aromatic N) is 1. The van der Waals surface area contributed by atoms with Crippen LogP contribution in [0.1, 0.15) is 22.3 Å². The molecule has 0 saturated heterocycles. The first-order valence-electron chi connectivity index (χ1n) is 10.9. The summed E-state index contributed by atoms with van der Waals surface area (Å²) in [6.07, 6.45) is 1.45. The van der Waals surface area contributed by atoms with Gasteiger partial charge in [-0.1, -0.05) is 100 Å². The molecule has 1 amide bonds. The number of ether oxygens (including phenoxy) is 1. The molecule has 4 aromatic rings. The molecule has 0 spiro atoms. The minimum absolute atomic E-state index is 0.354. The molecule has 4 rings (SSSR count). The summed E-state index contributed by atoms with van der Waals surface area (Å²) in [6.45, 7) is 0.354. The topological polar surface area (TPSA) is 70.9 Å². The Bertz CT molecular complexity index is 1300. The highest BCUT2D eigenvalue weighted by molar-refractivity contribution is 9.10. The summed E-state index contributed by atoms with van der Waals surface area (Å²) in [5, 5.41) is 15.9.